The van der Waals surface area contributed by atoms with E-state index < -0.39 is 0 Å². The lowest BCUT2D eigenvalue weighted by Gasteiger charge is -2.40. The number of morpholine rings is 1. The predicted molar refractivity (Wildman–Crippen MR) is 89.4 cm³/mol. The number of fused-ring (bicyclic) bond motifs is 1. The zero-order valence-corrected chi connectivity index (χ0v) is 12.9. The number of hydrogen-bond donors (Lipinski definition) is 0. The second kappa shape index (κ2) is 6.23. The molecule has 0 unspecified atom stereocenters. The van der Waals surface area contributed by atoms with Crippen LogP contribution in [0.5, 0.6) is 0 Å². The number of hydrogen-bond acceptors (Lipinski definition) is 4. The molecule has 1 aromatic heterocycles. The summed E-state index contributed by atoms with van der Waals surface area (Å²) in [5.74, 6) is 1.12. The number of piperidine rings is 1. The lowest BCUT2D eigenvalue weighted by atomic mass is 10.0. The molecule has 116 valence electrons. The van der Waals surface area contributed by atoms with E-state index in [1.165, 1.54) is 18.2 Å². The molecule has 0 N–H and O–H groups in total. The number of aromatic nitrogens is 1. The third-order valence-corrected chi connectivity index (χ3v) is 4.93. The Morgan fingerprint density at radius 3 is 2.50 bits per heavy atom. The lowest BCUT2D eigenvalue weighted by molar-refractivity contribution is 0.0115. The molecule has 0 saturated carbocycles. The first kappa shape index (κ1) is 14.0. The van der Waals surface area contributed by atoms with Crippen LogP contribution >= 0.6 is 0 Å². The molecule has 0 radical (unpaired) electrons. The van der Waals surface area contributed by atoms with Crippen molar-refractivity contribution in [2.24, 2.45) is 0 Å². The molecule has 4 nitrogen and oxygen atoms in total. The second-order valence-electron chi connectivity index (χ2n) is 6.23. The number of benzene rings is 1. The van der Waals surface area contributed by atoms with Crippen molar-refractivity contribution in [1.29, 1.82) is 0 Å². The number of ether oxygens (including phenoxy) is 1. The summed E-state index contributed by atoms with van der Waals surface area (Å²) in [4.78, 5) is 9.87. The van der Waals surface area contributed by atoms with Gasteiger partial charge in [-0.1, -0.05) is 18.2 Å². The molecule has 1 aromatic carbocycles. The minimum absolute atomic E-state index is 0.723. The molecule has 2 fully saturated rings. The van der Waals surface area contributed by atoms with Gasteiger partial charge in [0.1, 0.15) is 5.82 Å². The molecule has 2 aliphatic heterocycles. The number of nitrogens with zero attached hydrogens (tertiary/aromatic N) is 3. The maximum Gasteiger partial charge on any atom is 0.129 e. The average molecular weight is 297 g/mol. The van der Waals surface area contributed by atoms with Gasteiger partial charge in [-0.3, -0.25) is 4.90 Å². The van der Waals surface area contributed by atoms with Crippen molar-refractivity contribution in [3.05, 3.63) is 36.4 Å². The van der Waals surface area contributed by atoms with Crippen molar-refractivity contribution in [2.75, 3.05) is 44.3 Å². The molecule has 4 heteroatoms. The number of para-hydroxylation sites is 1. The predicted octanol–water partition coefficient (Wildman–Crippen LogP) is 2.54. The molecule has 2 saturated heterocycles. The Bertz CT molecular complexity index is 631. The summed E-state index contributed by atoms with van der Waals surface area (Å²) in [5, 5.41) is 1.22. The van der Waals surface area contributed by atoms with Crippen molar-refractivity contribution in [2.45, 2.75) is 18.9 Å². The molecule has 2 aromatic rings. The van der Waals surface area contributed by atoms with Gasteiger partial charge in [0.15, 0.2) is 0 Å². The lowest BCUT2D eigenvalue weighted by Crippen LogP contribution is -2.49. The van der Waals surface area contributed by atoms with Gasteiger partial charge in [0.25, 0.3) is 0 Å². The van der Waals surface area contributed by atoms with Crippen LogP contribution in [0.3, 0.4) is 0 Å². The van der Waals surface area contributed by atoms with E-state index in [1.54, 1.807) is 0 Å². The average Bonchev–Trinajstić information content (AvgIpc) is 2.62. The number of anilines is 1. The molecule has 22 heavy (non-hydrogen) atoms. The zero-order valence-electron chi connectivity index (χ0n) is 12.9. The van der Waals surface area contributed by atoms with E-state index in [2.05, 4.69) is 46.2 Å². The molecular weight excluding hydrogens is 274 g/mol. The van der Waals surface area contributed by atoms with Crippen LogP contribution in [0.25, 0.3) is 10.9 Å². The molecule has 0 atom stereocenters. The maximum absolute atomic E-state index is 5.46. The van der Waals surface area contributed by atoms with Gasteiger partial charge in [0, 0.05) is 37.6 Å². The Labute approximate surface area is 131 Å². The van der Waals surface area contributed by atoms with Gasteiger partial charge >= 0.3 is 0 Å². The SMILES string of the molecule is c1ccc2nc(N3CCC(N4CCOCC4)CC3)ccc2c1. The summed E-state index contributed by atoms with van der Waals surface area (Å²) in [5.41, 5.74) is 1.09. The quantitative estimate of drug-likeness (QED) is 0.852. The standard InChI is InChI=1S/C18H23N3O/c1-2-4-17-15(3-1)5-6-18(19-17)21-9-7-16(8-10-21)20-11-13-22-14-12-20/h1-6,16H,7-14H2. The topological polar surface area (TPSA) is 28.6 Å². The van der Waals surface area contributed by atoms with Gasteiger partial charge in [-0.2, -0.15) is 0 Å². The van der Waals surface area contributed by atoms with E-state index in [1.807, 2.05) is 0 Å². The van der Waals surface area contributed by atoms with Crippen LogP contribution in [0.4, 0.5) is 5.82 Å². The first-order chi connectivity index (χ1) is 10.9. The fraction of sp³-hybridized carbons (Fsp3) is 0.500. The van der Waals surface area contributed by atoms with Crippen LogP contribution in [-0.2, 0) is 4.74 Å². The molecular formula is C18H23N3O. The van der Waals surface area contributed by atoms with E-state index in [-0.39, 0.29) is 0 Å². The molecule has 0 amide bonds. The highest BCUT2D eigenvalue weighted by molar-refractivity contribution is 5.80. The Kier molecular flexibility index (Phi) is 3.95. The summed E-state index contributed by atoms with van der Waals surface area (Å²) < 4.78 is 5.46. The highest BCUT2D eigenvalue weighted by Crippen LogP contribution is 2.23. The van der Waals surface area contributed by atoms with Crippen molar-refractivity contribution >= 4 is 16.7 Å². The minimum Gasteiger partial charge on any atom is -0.379 e. The van der Waals surface area contributed by atoms with Crippen LogP contribution in [0, 0.1) is 0 Å². The summed E-state index contributed by atoms with van der Waals surface area (Å²) in [6.45, 7) is 6.19. The first-order valence-corrected chi connectivity index (χ1v) is 8.33. The van der Waals surface area contributed by atoms with E-state index in [0.29, 0.717) is 0 Å². The van der Waals surface area contributed by atoms with E-state index in [4.69, 9.17) is 9.72 Å². The van der Waals surface area contributed by atoms with Gasteiger partial charge in [0.2, 0.25) is 0 Å². The molecule has 3 heterocycles. The second-order valence-corrected chi connectivity index (χ2v) is 6.23. The Morgan fingerprint density at radius 1 is 0.909 bits per heavy atom. The summed E-state index contributed by atoms with van der Waals surface area (Å²) in [6, 6.07) is 13.4. The highest BCUT2D eigenvalue weighted by Gasteiger charge is 2.26. The highest BCUT2D eigenvalue weighted by atomic mass is 16.5. The van der Waals surface area contributed by atoms with Crippen LogP contribution in [-0.4, -0.2) is 55.3 Å². The molecule has 0 spiro atoms. The normalized spacial score (nSPS) is 21.4. The molecule has 0 aliphatic carbocycles. The van der Waals surface area contributed by atoms with Gasteiger partial charge < -0.3 is 9.64 Å². The van der Waals surface area contributed by atoms with Crippen molar-refractivity contribution in [3.63, 3.8) is 0 Å². The number of rotatable bonds is 2. The van der Waals surface area contributed by atoms with Gasteiger partial charge in [0.05, 0.1) is 18.7 Å². The summed E-state index contributed by atoms with van der Waals surface area (Å²) in [7, 11) is 0. The summed E-state index contributed by atoms with van der Waals surface area (Å²) >= 11 is 0. The Morgan fingerprint density at radius 2 is 1.68 bits per heavy atom. The van der Waals surface area contributed by atoms with E-state index >= 15 is 0 Å². The third-order valence-electron chi connectivity index (χ3n) is 4.93. The molecule has 0 bridgehead atoms. The van der Waals surface area contributed by atoms with Crippen molar-refractivity contribution in [1.82, 2.24) is 9.88 Å². The van der Waals surface area contributed by atoms with Gasteiger partial charge in [-0.15, -0.1) is 0 Å². The summed E-state index contributed by atoms with van der Waals surface area (Å²) in [6.07, 6.45) is 2.46. The maximum atomic E-state index is 5.46. The third kappa shape index (κ3) is 2.81. The Hall–Kier alpha value is -1.65. The fourth-order valence-electron chi connectivity index (χ4n) is 3.63. The van der Waals surface area contributed by atoms with Crippen LogP contribution in [0.2, 0.25) is 0 Å². The molecule has 2 aliphatic rings. The van der Waals surface area contributed by atoms with Crippen molar-refractivity contribution in [3.8, 4) is 0 Å². The molecule has 4 rings (SSSR count). The van der Waals surface area contributed by atoms with E-state index in [0.717, 1.165) is 56.8 Å². The van der Waals surface area contributed by atoms with Crippen LogP contribution in [0.1, 0.15) is 12.8 Å². The Balaban J connectivity index is 1.43. The van der Waals surface area contributed by atoms with E-state index in [9.17, 15) is 0 Å². The van der Waals surface area contributed by atoms with Crippen LogP contribution in [0.15, 0.2) is 36.4 Å². The first-order valence-electron chi connectivity index (χ1n) is 8.33. The monoisotopic (exact) mass is 297 g/mol. The smallest absolute Gasteiger partial charge is 0.129 e. The number of pyridine rings is 1. The fourth-order valence-corrected chi connectivity index (χ4v) is 3.63. The minimum atomic E-state index is 0.723. The van der Waals surface area contributed by atoms with Gasteiger partial charge in [-0.05, 0) is 31.0 Å². The van der Waals surface area contributed by atoms with Crippen LogP contribution < -0.4 is 4.90 Å². The largest absolute Gasteiger partial charge is 0.379 e. The van der Waals surface area contributed by atoms with Crippen molar-refractivity contribution < 1.29 is 4.74 Å². The van der Waals surface area contributed by atoms with Gasteiger partial charge in [-0.25, -0.2) is 4.98 Å². The zero-order chi connectivity index (χ0) is 14.8.